The van der Waals surface area contributed by atoms with Crippen molar-refractivity contribution in [1.82, 2.24) is 0 Å². The minimum absolute atomic E-state index is 0. The molecule has 0 fully saturated rings. The molecule has 0 amide bonds. The molecule has 2 nitrogen and oxygen atoms in total. The van der Waals surface area contributed by atoms with Gasteiger partial charge in [-0.25, -0.2) is 0 Å². The van der Waals surface area contributed by atoms with Gasteiger partial charge in [0.2, 0.25) is 0 Å². The topological polar surface area (TPSA) is 29.5 Å². The van der Waals surface area contributed by atoms with Gasteiger partial charge in [0.25, 0.3) is 0 Å². The van der Waals surface area contributed by atoms with Gasteiger partial charge in [0.1, 0.15) is 11.5 Å². The maximum absolute atomic E-state index is 9.90. The number of aromatic hydroxyl groups is 1. The first-order chi connectivity index (χ1) is 7.61. The second-order valence-corrected chi connectivity index (χ2v) is 4.28. The van der Waals surface area contributed by atoms with Crippen LogP contribution in [0.25, 0.3) is 10.8 Å². The van der Waals surface area contributed by atoms with Gasteiger partial charge in [-0.3, -0.25) is 0 Å². The monoisotopic (exact) mass is 232 g/mol. The first kappa shape index (κ1) is 13.4. The predicted octanol–water partition coefficient (Wildman–Crippen LogP) is 4.31. The van der Waals surface area contributed by atoms with Crippen LogP contribution in [0.2, 0.25) is 0 Å². The fourth-order valence-corrected chi connectivity index (χ4v) is 1.87. The third-order valence-electron chi connectivity index (χ3n) is 2.81. The molecule has 0 bridgehead atoms. The van der Waals surface area contributed by atoms with Crippen LogP contribution in [0.3, 0.4) is 0 Å². The average Bonchev–Trinajstić information content (AvgIpc) is 2.27. The Balaban J connectivity index is 0.00000144. The highest BCUT2D eigenvalue weighted by atomic mass is 16.5. The first-order valence-electron chi connectivity index (χ1n) is 5.42. The van der Waals surface area contributed by atoms with Crippen molar-refractivity contribution in [2.24, 2.45) is 0 Å². The molecule has 2 heteroatoms. The molecule has 0 radical (unpaired) electrons. The SMILES string of the molecule is C.COc1ccc2cc(C(C)C)c(O)cc2c1. The van der Waals surface area contributed by atoms with Crippen LogP contribution in [0.4, 0.5) is 0 Å². The Morgan fingerprint density at radius 3 is 2.35 bits per heavy atom. The Morgan fingerprint density at radius 2 is 1.76 bits per heavy atom. The van der Waals surface area contributed by atoms with Gasteiger partial charge >= 0.3 is 0 Å². The molecular formula is C15H20O2. The summed E-state index contributed by atoms with van der Waals surface area (Å²) in [6, 6.07) is 9.71. The third-order valence-corrected chi connectivity index (χ3v) is 2.81. The molecule has 2 aromatic carbocycles. The smallest absolute Gasteiger partial charge is 0.119 e. The number of hydrogen-bond donors (Lipinski definition) is 1. The van der Waals surface area contributed by atoms with Crippen LogP contribution in [-0.4, -0.2) is 12.2 Å². The summed E-state index contributed by atoms with van der Waals surface area (Å²) in [5, 5.41) is 12.0. The fraction of sp³-hybridized carbons (Fsp3) is 0.333. The number of rotatable bonds is 2. The molecule has 2 aromatic rings. The quantitative estimate of drug-likeness (QED) is 0.835. The van der Waals surface area contributed by atoms with Crippen LogP contribution < -0.4 is 4.74 Å². The summed E-state index contributed by atoms with van der Waals surface area (Å²) in [5.41, 5.74) is 0.984. The Morgan fingerprint density at radius 1 is 1.06 bits per heavy atom. The average molecular weight is 232 g/mol. The number of phenolic OH excluding ortho intramolecular Hbond substituents is 1. The fourth-order valence-electron chi connectivity index (χ4n) is 1.87. The summed E-state index contributed by atoms with van der Waals surface area (Å²) in [6.45, 7) is 4.15. The molecule has 92 valence electrons. The predicted molar refractivity (Wildman–Crippen MR) is 73.0 cm³/mol. The lowest BCUT2D eigenvalue weighted by molar-refractivity contribution is 0.415. The van der Waals surface area contributed by atoms with Crippen molar-refractivity contribution in [1.29, 1.82) is 0 Å². The maximum atomic E-state index is 9.90. The zero-order valence-corrected chi connectivity index (χ0v) is 9.82. The van der Waals surface area contributed by atoms with E-state index in [-0.39, 0.29) is 7.43 Å². The summed E-state index contributed by atoms with van der Waals surface area (Å²) >= 11 is 0. The molecule has 0 saturated heterocycles. The Kier molecular flexibility index (Phi) is 4.00. The van der Waals surface area contributed by atoms with Crippen molar-refractivity contribution in [3.05, 3.63) is 35.9 Å². The van der Waals surface area contributed by atoms with Gasteiger partial charge in [-0.15, -0.1) is 0 Å². The van der Waals surface area contributed by atoms with Crippen LogP contribution in [0.5, 0.6) is 11.5 Å². The van der Waals surface area contributed by atoms with Crippen molar-refractivity contribution in [2.45, 2.75) is 27.2 Å². The minimum atomic E-state index is 0. The van der Waals surface area contributed by atoms with Gasteiger partial charge in [-0.2, -0.15) is 0 Å². The molecule has 0 heterocycles. The molecule has 1 N–H and O–H groups in total. The maximum Gasteiger partial charge on any atom is 0.119 e. The summed E-state index contributed by atoms with van der Waals surface area (Å²) in [5.74, 6) is 1.49. The van der Waals surface area contributed by atoms with Crippen molar-refractivity contribution < 1.29 is 9.84 Å². The molecule has 0 saturated carbocycles. The van der Waals surface area contributed by atoms with E-state index in [9.17, 15) is 5.11 Å². The van der Waals surface area contributed by atoms with E-state index in [4.69, 9.17) is 4.74 Å². The lowest BCUT2D eigenvalue weighted by Gasteiger charge is -2.10. The first-order valence-corrected chi connectivity index (χ1v) is 5.42. The summed E-state index contributed by atoms with van der Waals surface area (Å²) in [7, 11) is 1.64. The van der Waals surface area contributed by atoms with Crippen molar-refractivity contribution in [3.8, 4) is 11.5 Å². The third kappa shape index (κ3) is 2.52. The van der Waals surface area contributed by atoms with E-state index in [1.54, 1.807) is 13.2 Å². The van der Waals surface area contributed by atoms with E-state index in [1.165, 1.54) is 0 Å². The van der Waals surface area contributed by atoms with E-state index in [2.05, 4.69) is 13.8 Å². The van der Waals surface area contributed by atoms with E-state index in [1.807, 2.05) is 24.3 Å². The van der Waals surface area contributed by atoms with Gasteiger partial charge in [0.05, 0.1) is 7.11 Å². The highest BCUT2D eigenvalue weighted by Crippen LogP contribution is 2.31. The number of methoxy groups -OCH3 is 1. The Bertz CT molecular complexity index is 516. The van der Waals surface area contributed by atoms with Crippen LogP contribution in [0.15, 0.2) is 30.3 Å². The second-order valence-electron chi connectivity index (χ2n) is 4.28. The molecule has 0 aromatic heterocycles. The Labute approximate surface area is 103 Å². The highest BCUT2D eigenvalue weighted by molar-refractivity contribution is 5.86. The molecule has 0 aliphatic carbocycles. The van der Waals surface area contributed by atoms with Crippen LogP contribution in [0.1, 0.15) is 32.8 Å². The van der Waals surface area contributed by atoms with E-state index in [0.717, 1.165) is 22.1 Å². The molecule has 0 atom stereocenters. The van der Waals surface area contributed by atoms with E-state index >= 15 is 0 Å². The molecular weight excluding hydrogens is 212 g/mol. The zero-order valence-electron chi connectivity index (χ0n) is 9.82. The van der Waals surface area contributed by atoms with Crippen LogP contribution in [-0.2, 0) is 0 Å². The molecule has 0 unspecified atom stereocenters. The number of benzene rings is 2. The number of ether oxygens (including phenoxy) is 1. The molecule has 2 rings (SSSR count). The van der Waals surface area contributed by atoms with E-state index in [0.29, 0.717) is 11.7 Å². The van der Waals surface area contributed by atoms with Crippen molar-refractivity contribution in [2.75, 3.05) is 7.11 Å². The summed E-state index contributed by atoms with van der Waals surface area (Å²) in [6.07, 6.45) is 0. The lowest BCUT2D eigenvalue weighted by atomic mass is 9.98. The van der Waals surface area contributed by atoms with Gasteiger partial charge in [-0.05, 0) is 46.5 Å². The molecule has 17 heavy (non-hydrogen) atoms. The lowest BCUT2D eigenvalue weighted by Crippen LogP contribution is -1.89. The van der Waals surface area contributed by atoms with Crippen molar-refractivity contribution in [3.63, 3.8) is 0 Å². The van der Waals surface area contributed by atoms with Crippen molar-refractivity contribution >= 4 is 10.8 Å². The number of fused-ring (bicyclic) bond motifs is 1. The van der Waals surface area contributed by atoms with Crippen LogP contribution >= 0.6 is 0 Å². The molecule has 0 aliphatic rings. The zero-order chi connectivity index (χ0) is 11.7. The largest absolute Gasteiger partial charge is 0.508 e. The van der Waals surface area contributed by atoms with Gasteiger partial charge in [0.15, 0.2) is 0 Å². The van der Waals surface area contributed by atoms with E-state index < -0.39 is 0 Å². The van der Waals surface area contributed by atoms with Crippen LogP contribution in [0, 0.1) is 0 Å². The highest BCUT2D eigenvalue weighted by Gasteiger charge is 2.07. The summed E-state index contributed by atoms with van der Waals surface area (Å²) < 4.78 is 5.16. The second kappa shape index (κ2) is 5.09. The normalized spacial score (nSPS) is 10.4. The Hall–Kier alpha value is -1.70. The minimum Gasteiger partial charge on any atom is -0.508 e. The van der Waals surface area contributed by atoms with Gasteiger partial charge in [0, 0.05) is 0 Å². The molecule has 0 aliphatic heterocycles. The van der Waals surface area contributed by atoms with Gasteiger partial charge in [-0.1, -0.05) is 27.3 Å². The summed E-state index contributed by atoms with van der Waals surface area (Å²) in [4.78, 5) is 0. The number of phenols is 1. The van der Waals surface area contributed by atoms with Gasteiger partial charge < -0.3 is 9.84 Å². The standard InChI is InChI=1S/C14H16O2.CH4/c1-9(2)13-7-10-4-5-12(16-3)6-11(10)8-14(13)15;/h4-9,15H,1-3H3;1H4. The number of hydrogen-bond acceptors (Lipinski definition) is 2. The molecule has 0 spiro atoms.